The average Bonchev–Trinajstić information content (AvgIpc) is 2.68. The van der Waals surface area contributed by atoms with Gasteiger partial charge in [0, 0.05) is 6.54 Å². The van der Waals surface area contributed by atoms with Crippen molar-refractivity contribution in [1.82, 2.24) is 9.78 Å². The molecule has 0 aliphatic carbocycles. The number of hydrogen-bond donors (Lipinski definition) is 0. The second-order valence-electron chi connectivity index (χ2n) is 5.13. The van der Waals surface area contributed by atoms with Gasteiger partial charge in [-0.2, -0.15) is 5.10 Å². The van der Waals surface area contributed by atoms with Gasteiger partial charge in [-0.3, -0.25) is 4.68 Å². The molecule has 0 N–H and O–H groups in total. The maximum atomic E-state index is 5.95. The van der Waals surface area contributed by atoms with Crippen molar-refractivity contribution < 1.29 is 4.74 Å². The zero-order valence-corrected chi connectivity index (χ0v) is 14.3. The molecule has 1 rings (SSSR count). The van der Waals surface area contributed by atoms with Crippen LogP contribution in [0.25, 0.3) is 0 Å². The van der Waals surface area contributed by atoms with Crippen LogP contribution in [0.1, 0.15) is 64.3 Å². The molecular weight excluding hydrogens is 304 g/mol. The van der Waals surface area contributed by atoms with Crippen molar-refractivity contribution in [2.24, 2.45) is 0 Å². The summed E-state index contributed by atoms with van der Waals surface area (Å²) in [5.41, 5.74) is 2.19. The van der Waals surface area contributed by atoms with Crippen LogP contribution in [0.3, 0.4) is 0 Å². The lowest BCUT2D eigenvalue weighted by Gasteiger charge is -2.14. The van der Waals surface area contributed by atoms with E-state index in [-0.39, 0.29) is 0 Å². The molecule has 0 spiro atoms. The largest absolute Gasteiger partial charge is 0.372 e. The fraction of sp³-hybridized carbons (Fsp3) is 0.800. The van der Waals surface area contributed by atoms with E-state index in [1.165, 1.54) is 25.7 Å². The molecule has 0 saturated heterocycles. The Labute approximate surface area is 125 Å². The zero-order chi connectivity index (χ0) is 14.3. The predicted octanol–water partition coefficient (Wildman–Crippen LogP) is 4.85. The van der Waals surface area contributed by atoms with Crippen molar-refractivity contribution >= 4 is 15.9 Å². The van der Waals surface area contributed by atoms with Crippen LogP contribution < -0.4 is 0 Å². The van der Waals surface area contributed by atoms with Crippen molar-refractivity contribution in [2.75, 3.05) is 0 Å². The van der Waals surface area contributed by atoms with Gasteiger partial charge in [-0.25, -0.2) is 0 Å². The van der Waals surface area contributed by atoms with E-state index in [1.807, 2.05) is 11.6 Å². The maximum absolute atomic E-state index is 5.95. The molecule has 3 nitrogen and oxygen atoms in total. The number of halogens is 1. The second kappa shape index (κ2) is 8.75. The minimum absolute atomic E-state index is 0.323. The Hall–Kier alpha value is -0.350. The Morgan fingerprint density at radius 1 is 1.26 bits per heavy atom. The quantitative estimate of drug-likeness (QED) is 0.605. The van der Waals surface area contributed by atoms with Gasteiger partial charge in [-0.05, 0) is 43.1 Å². The summed E-state index contributed by atoms with van der Waals surface area (Å²) >= 11 is 3.60. The van der Waals surface area contributed by atoms with E-state index < -0.39 is 0 Å². The molecule has 0 saturated carbocycles. The van der Waals surface area contributed by atoms with E-state index in [2.05, 4.69) is 41.8 Å². The first-order valence-corrected chi connectivity index (χ1v) is 8.22. The lowest BCUT2D eigenvalue weighted by atomic mass is 10.1. The highest BCUT2D eigenvalue weighted by Gasteiger charge is 2.13. The first-order valence-electron chi connectivity index (χ1n) is 7.43. The highest BCUT2D eigenvalue weighted by molar-refractivity contribution is 9.10. The maximum Gasteiger partial charge on any atom is 0.0899 e. The van der Waals surface area contributed by atoms with E-state index >= 15 is 0 Å². The fourth-order valence-corrected chi connectivity index (χ4v) is 2.57. The van der Waals surface area contributed by atoms with Crippen LogP contribution in [0.15, 0.2) is 4.47 Å². The molecule has 1 unspecified atom stereocenters. The smallest absolute Gasteiger partial charge is 0.0899 e. The van der Waals surface area contributed by atoms with Crippen LogP contribution in [0.2, 0.25) is 0 Å². The van der Waals surface area contributed by atoms with Gasteiger partial charge in [0.2, 0.25) is 0 Å². The molecule has 1 aromatic heterocycles. The number of hydrogen-bond acceptors (Lipinski definition) is 2. The van der Waals surface area contributed by atoms with Gasteiger partial charge in [0.25, 0.3) is 0 Å². The van der Waals surface area contributed by atoms with Crippen LogP contribution in [0.5, 0.6) is 0 Å². The Kier molecular flexibility index (Phi) is 7.69. The number of unbranched alkanes of at least 4 members (excludes halogenated alkanes) is 3. The minimum atomic E-state index is 0.323. The van der Waals surface area contributed by atoms with Gasteiger partial charge in [0.05, 0.1) is 28.6 Å². The van der Waals surface area contributed by atoms with Crippen molar-refractivity contribution in [3.8, 4) is 0 Å². The van der Waals surface area contributed by atoms with Crippen LogP contribution in [-0.4, -0.2) is 15.9 Å². The molecule has 0 aliphatic rings. The number of nitrogens with zero attached hydrogens (tertiary/aromatic N) is 2. The molecule has 1 aromatic rings. The summed E-state index contributed by atoms with van der Waals surface area (Å²) in [7, 11) is 0. The molecule has 0 amide bonds. The lowest BCUT2D eigenvalue weighted by molar-refractivity contribution is 0.0416. The van der Waals surface area contributed by atoms with Gasteiger partial charge in [0.1, 0.15) is 0 Å². The summed E-state index contributed by atoms with van der Waals surface area (Å²) in [5, 5.41) is 4.48. The average molecular weight is 331 g/mol. The Balaban J connectivity index is 2.39. The summed E-state index contributed by atoms with van der Waals surface area (Å²) < 4.78 is 9.06. The Morgan fingerprint density at radius 2 is 2.00 bits per heavy atom. The van der Waals surface area contributed by atoms with Crippen LogP contribution in [0, 0.1) is 6.92 Å². The Bertz CT molecular complexity index is 376. The van der Waals surface area contributed by atoms with Crippen molar-refractivity contribution in [1.29, 1.82) is 0 Å². The van der Waals surface area contributed by atoms with Crippen LogP contribution in [0.4, 0.5) is 0 Å². The summed E-state index contributed by atoms with van der Waals surface area (Å²) in [4.78, 5) is 0. The molecular formula is C15H27BrN2O. The van der Waals surface area contributed by atoms with Crippen LogP contribution in [-0.2, 0) is 17.9 Å². The second-order valence-corrected chi connectivity index (χ2v) is 5.93. The Morgan fingerprint density at radius 3 is 2.63 bits per heavy atom. The van der Waals surface area contributed by atoms with E-state index in [4.69, 9.17) is 4.74 Å². The molecule has 0 fully saturated rings. The van der Waals surface area contributed by atoms with Crippen molar-refractivity contribution in [3.63, 3.8) is 0 Å². The summed E-state index contributed by atoms with van der Waals surface area (Å²) in [6, 6.07) is 0. The first-order chi connectivity index (χ1) is 9.10. The number of aryl methyl sites for hydroxylation is 2. The highest BCUT2D eigenvalue weighted by Crippen LogP contribution is 2.22. The molecule has 0 bridgehead atoms. The van der Waals surface area contributed by atoms with Gasteiger partial charge in [-0.15, -0.1) is 0 Å². The molecule has 0 aliphatic heterocycles. The number of rotatable bonds is 9. The third-order valence-corrected chi connectivity index (χ3v) is 4.45. The molecule has 4 heteroatoms. The van der Waals surface area contributed by atoms with E-state index in [1.54, 1.807) is 0 Å². The summed E-state index contributed by atoms with van der Waals surface area (Å²) in [5.74, 6) is 0. The van der Waals surface area contributed by atoms with Crippen molar-refractivity contribution in [3.05, 3.63) is 15.9 Å². The molecule has 1 atom stereocenters. The standard InChI is InChI=1S/C15H27BrN2O/c1-5-7-8-9-10-12(3)19-11-14-15(16)13(4)17-18(14)6-2/h12H,5-11H2,1-4H3. The van der Waals surface area contributed by atoms with E-state index in [0.717, 1.165) is 28.8 Å². The van der Waals surface area contributed by atoms with E-state index in [9.17, 15) is 0 Å². The molecule has 19 heavy (non-hydrogen) atoms. The number of aromatic nitrogens is 2. The zero-order valence-electron chi connectivity index (χ0n) is 12.7. The van der Waals surface area contributed by atoms with Gasteiger partial charge >= 0.3 is 0 Å². The molecule has 110 valence electrons. The SMILES string of the molecule is CCCCCCC(C)OCc1c(Br)c(C)nn1CC. The predicted molar refractivity (Wildman–Crippen MR) is 83.3 cm³/mol. The normalized spacial score (nSPS) is 12.9. The topological polar surface area (TPSA) is 27.1 Å². The number of ether oxygens (including phenoxy) is 1. The van der Waals surface area contributed by atoms with Crippen LogP contribution >= 0.6 is 15.9 Å². The van der Waals surface area contributed by atoms with E-state index in [0.29, 0.717) is 12.7 Å². The molecule has 0 radical (unpaired) electrons. The lowest BCUT2D eigenvalue weighted by Crippen LogP contribution is -2.11. The molecule has 0 aromatic carbocycles. The highest BCUT2D eigenvalue weighted by atomic mass is 79.9. The summed E-state index contributed by atoms with van der Waals surface area (Å²) in [6.45, 7) is 10.1. The summed E-state index contributed by atoms with van der Waals surface area (Å²) in [6.07, 6.45) is 6.68. The third-order valence-electron chi connectivity index (χ3n) is 3.42. The minimum Gasteiger partial charge on any atom is -0.372 e. The first kappa shape index (κ1) is 16.7. The van der Waals surface area contributed by atoms with Gasteiger partial charge in [0.15, 0.2) is 0 Å². The van der Waals surface area contributed by atoms with Gasteiger partial charge < -0.3 is 4.74 Å². The van der Waals surface area contributed by atoms with Gasteiger partial charge in [-0.1, -0.05) is 32.6 Å². The third kappa shape index (κ3) is 5.27. The molecule has 1 heterocycles. The van der Waals surface area contributed by atoms with Crippen molar-refractivity contribution in [2.45, 2.75) is 79.1 Å². The monoisotopic (exact) mass is 330 g/mol. The fourth-order valence-electron chi connectivity index (χ4n) is 2.17.